The summed E-state index contributed by atoms with van der Waals surface area (Å²) in [6.07, 6.45) is 1.81. The molecule has 1 fully saturated rings. The van der Waals surface area contributed by atoms with Gasteiger partial charge in [0.05, 0.1) is 27.9 Å². The van der Waals surface area contributed by atoms with Gasteiger partial charge in [0.1, 0.15) is 11.5 Å². The largest absolute Gasteiger partial charge is 0.355 e. The van der Waals surface area contributed by atoms with Crippen LogP contribution in [-0.4, -0.2) is 57.3 Å². The average Bonchev–Trinajstić information content (AvgIpc) is 3.19. The Morgan fingerprint density at radius 1 is 1.08 bits per heavy atom. The summed E-state index contributed by atoms with van der Waals surface area (Å²) < 4.78 is 27.9. The molecule has 0 bridgehead atoms. The highest BCUT2D eigenvalue weighted by Gasteiger charge is 2.33. The molecule has 1 aromatic carbocycles. The number of nitrogens with zero attached hydrogens (tertiary/aromatic N) is 1. The molecule has 2 amide bonds. The summed E-state index contributed by atoms with van der Waals surface area (Å²) in [6, 6.07) is 6.55. The summed E-state index contributed by atoms with van der Waals surface area (Å²) in [5, 5.41) is 6.17. The molecule has 4 rings (SSSR count). The Labute approximate surface area is 218 Å². The van der Waals surface area contributed by atoms with Crippen LogP contribution >= 0.6 is 11.3 Å². The maximum atomic E-state index is 13.2. The van der Waals surface area contributed by atoms with Gasteiger partial charge in [-0.1, -0.05) is 13.8 Å². The number of hydrogen-bond acceptors (Lipinski definition) is 5. The summed E-state index contributed by atoms with van der Waals surface area (Å²) >= 11 is 1.46. The first-order chi connectivity index (χ1) is 17.0. The van der Waals surface area contributed by atoms with E-state index in [9.17, 15) is 18.0 Å². The van der Waals surface area contributed by atoms with Crippen LogP contribution in [0.1, 0.15) is 65.3 Å². The standard InChI is InChI=1S/C26H36N4O4S2/c1-16(2)29-11-10-21-22(15-29)35-26(23(21)25(32)27-5)28-24(31)19-6-8-20(9-7-19)36(33,34)30-13-17(3)12-18(4)14-30/h6-9,16-18H,10-15H2,1-5H3,(H,27,32)(H,28,31)/p+1. The summed E-state index contributed by atoms with van der Waals surface area (Å²) in [5.74, 6) is 0.0565. The van der Waals surface area contributed by atoms with E-state index in [0.717, 1.165) is 36.4 Å². The molecule has 3 heterocycles. The number of carbonyl (C=O) groups is 2. The summed E-state index contributed by atoms with van der Waals surface area (Å²) in [4.78, 5) is 28.6. The summed E-state index contributed by atoms with van der Waals surface area (Å²) in [5.41, 5.74) is 1.91. The van der Waals surface area contributed by atoms with Crippen molar-refractivity contribution in [2.45, 2.75) is 58.0 Å². The number of anilines is 1. The van der Waals surface area contributed by atoms with E-state index in [0.29, 0.717) is 47.1 Å². The smallest absolute Gasteiger partial charge is 0.256 e. The lowest BCUT2D eigenvalue weighted by molar-refractivity contribution is -0.936. The molecule has 36 heavy (non-hydrogen) atoms. The molecule has 3 N–H and O–H groups in total. The Morgan fingerprint density at radius 2 is 1.72 bits per heavy atom. The van der Waals surface area contributed by atoms with Gasteiger partial charge < -0.3 is 15.5 Å². The lowest BCUT2D eigenvalue weighted by atomic mass is 9.94. The van der Waals surface area contributed by atoms with Crippen molar-refractivity contribution in [2.24, 2.45) is 11.8 Å². The predicted octanol–water partition coefficient (Wildman–Crippen LogP) is 2.38. The summed E-state index contributed by atoms with van der Waals surface area (Å²) in [6.45, 7) is 11.3. The maximum absolute atomic E-state index is 13.2. The molecular formula is C26H37N4O4S2+. The molecule has 3 atom stereocenters. The SMILES string of the molecule is CNC(=O)c1c(NC(=O)c2ccc(S(=O)(=O)N3CC(C)CC(C)C3)cc2)sc2c1CC[NH+](C(C)C)C2. The van der Waals surface area contributed by atoms with Crippen molar-refractivity contribution in [1.29, 1.82) is 0 Å². The first-order valence-electron chi connectivity index (χ1n) is 12.6. The third-order valence-electron chi connectivity index (χ3n) is 7.26. The van der Waals surface area contributed by atoms with E-state index >= 15 is 0 Å². The molecule has 2 aromatic rings. The number of thiophene rings is 1. The summed E-state index contributed by atoms with van der Waals surface area (Å²) in [7, 11) is -2.02. The van der Waals surface area contributed by atoms with Crippen LogP contribution < -0.4 is 15.5 Å². The molecule has 1 saturated heterocycles. The van der Waals surface area contributed by atoms with E-state index in [1.165, 1.54) is 40.5 Å². The van der Waals surface area contributed by atoms with Crippen molar-refractivity contribution in [2.75, 3.05) is 32.0 Å². The van der Waals surface area contributed by atoms with Gasteiger partial charge in [-0.25, -0.2) is 8.42 Å². The molecule has 1 aromatic heterocycles. The molecule has 0 aliphatic carbocycles. The van der Waals surface area contributed by atoms with Gasteiger partial charge in [-0.05, 0) is 61.9 Å². The molecule has 0 saturated carbocycles. The minimum absolute atomic E-state index is 0.190. The number of quaternary nitrogens is 1. The minimum Gasteiger partial charge on any atom is -0.355 e. The van der Waals surface area contributed by atoms with E-state index < -0.39 is 10.0 Å². The predicted molar refractivity (Wildman–Crippen MR) is 142 cm³/mol. The van der Waals surface area contributed by atoms with E-state index in [4.69, 9.17) is 0 Å². The third kappa shape index (κ3) is 5.37. The number of piperidine rings is 1. The van der Waals surface area contributed by atoms with Gasteiger partial charge in [0, 0.05) is 32.1 Å². The third-order valence-corrected chi connectivity index (χ3v) is 10.3. The zero-order valence-corrected chi connectivity index (χ0v) is 23.3. The monoisotopic (exact) mass is 533 g/mol. The second kappa shape index (κ2) is 10.6. The van der Waals surface area contributed by atoms with Gasteiger partial charge in [0.2, 0.25) is 10.0 Å². The molecule has 2 aliphatic rings. The fourth-order valence-electron chi connectivity index (χ4n) is 5.35. The normalized spacial score (nSPS) is 22.8. The number of fused-ring (bicyclic) bond motifs is 1. The first-order valence-corrected chi connectivity index (χ1v) is 14.9. The first kappa shape index (κ1) is 26.8. The fourth-order valence-corrected chi connectivity index (χ4v) is 8.32. The zero-order valence-electron chi connectivity index (χ0n) is 21.7. The lowest BCUT2D eigenvalue weighted by Crippen LogP contribution is -3.14. The van der Waals surface area contributed by atoms with Gasteiger partial charge >= 0.3 is 0 Å². The fraction of sp³-hybridized carbons (Fsp3) is 0.538. The number of nitrogens with one attached hydrogen (secondary N) is 3. The van der Waals surface area contributed by atoms with Crippen molar-refractivity contribution in [3.8, 4) is 0 Å². The topological polar surface area (TPSA) is 100 Å². The number of carbonyl (C=O) groups excluding carboxylic acids is 2. The number of benzene rings is 1. The van der Waals surface area contributed by atoms with Crippen molar-refractivity contribution in [3.05, 3.63) is 45.8 Å². The zero-order chi connectivity index (χ0) is 26.2. The Kier molecular flexibility index (Phi) is 7.89. The Bertz CT molecular complexity index is 1230. The average molecular weight is 534 g/mol. The molecule has 0 spiro atoms. The van der Waals surface area contributed by atoms with Crippen LogP contribution in [-0.2, 0) is 23.0 Å². The van der Waals surface area contributed by atoms with Gasteiger partial charge in [0.15, 0.2) is 0 Å². The lowest BCUT2D eigenvalue weighted by Gasteiger charge is -2.34. The van der Waals surface area contributed by atoms with Crippen LogP contribution in [0, 0.1) is 11.8 Å². The Morgan fingerprint density at radius 3 is 2.31 bits per heavy atom. The van der Waals surface area contributed by atoms with Crippen molar-refractivity contribution in [1.82, 2.24) is 9.62 Å². The molecule has 2 aliphatic heterocycles. The molecule has 8 nitrogen and oxygen atoms in total. The quantitative estimate of drug-likeness (QED) is 0.531. The van der Waals surface area contributed by atoms with Crippen LogP contribution in [0.15, 0.2) is 29.2 Å². The van der Waals surface area contributed by atoms with Crippen LogP contribution in [0.3, 0.4) is 0 Å². The molecule has 3 unspecified atom stereocenters. The number of hydrogen-bond donors (Lipinski definition) is 3. The van der Waals surface area contributed by atoms with Crippen LogP contribution in [0.25, 0.3) is 0 Å². The molecule has 10 heteroatoms. The van der Waals surface area contributed by atoms with E-state index in [1.807, 2.05) is 0 Å². The van der Waals surface area contributed by atoms with Crippen molar-refractivity contribution < 1.29 is 22.9 Å². The number of amides is 2. The number of rotatable bonds is 6. The van der Waals surface area contributed by atoms with E-state index in [1.54, 1.807) is 11.4 Å². The maximum Gasteiger partial charge on any atom is 0.256 e. The molecule has 0 radical (unpaired) electrons. The number of sulfonamides is 1. The van der Waals surface area contributed by atoms with Gasteiger partial charge in [-0.2, -0.15) is 4.31 Å². The second-order valence-electron chi connectivity index (χ2n) is 10.5. The van der Waals surface area contributed by atoms with Crippen LogP contribution in [0.5, 0.6) is 0 Å². The van der Waals surface area contributed by atoms with Crippen LogP contribution in [0.4, 0.5) is 5.00 Å². The molecule has 196 valence electrons. The van der Waals surface area contributed by atoms with Crippen molar-refractivity contribution >= 4 is 38.2 Å². The van der Waals surface area contributed by atoms with Gasteiger partial charge in [-0.15, -0.1) is 11.3 Å². The highest BCUT2D eigenvalue weighted by Crippen LogP contribution is 2.35. The highest BCUT2D eigenvalue weighted by atomic mass is 32.2. The molecular weight excluding hydrogens is 496 g/mol. The van der Waals surface area contributed by atoms with Crippen LogP contribution in [0.2, 0.25) is 0 Å². The minimum atomic E-state index is -3.62. The van der Waals surface area contributed by atoms with Crippen molar-refractivity contribution in [3.63, 3.8) is 0 Å². The van der Waals surface area contributed by atoms with E-state index in [2.05, 4.69) is 38.3 Å². The second-order valence-corrected chi connectivity index (χ2v) is 13.6. The Balaban J connectivity index is 1.54. The van der Waals surface area contributed by atoms with E-state index in [-0.39, 0.29) is 16.7 Å². The Hall–Kier alpha value is -2.27. The van der Waals surface area contributed by atoms with Gasteiger partial charge in [0.25, 0.3) is 11.8 Å². The van der Waals surface area contributed by atoms with Gasteiger partial charge in [-0.3, -0.25) is 9.59 Å². The highest BCUT2D eigenvalue weighted by molar-refractivity contribution is 7.89.